The number of hydrogen-bond acceptors (Lipinski definition) is 6. The van der Waals surface area contributed by atoms with Crippen LogP contribution in [0.15, 0.2) is 72.3 Å². The Kier molecular flexibility index (Phi) is 7.50. The number of Topliss-reactive ketones (excluding diaryl/α,β-unsaturated/α-hetero) is 1. The number of aliphatic hydroxyl groups is 1. The average Bonchev–Trinajstić information content (AvgIpc) is 3.17. The minimum Gasteiger partial charge on any atom is -0.507 e. The summed E-state index contributed by atoms with van der Waals surface area (Å²) in [7, 11) is 2.99. The third-order valence-corrected chi connectivity index (χ3v) is 6.12. The highest BCUT2D eigenvalue weighted by atomic mass is 35.5. The largest absolute Gasteiger partial charge is 0.507 e. The van der Waals surface area contributed by atoms with E-state index in [1.165, 1.54) is 18.1 Å². The van der Waals surface area contributed by atoms with Gasteiger partial charge in [0.1, 0.15) is 23.0 Å². The lowest BCUT2D eigenvalue weighted by Gasteiger charge is -2.26. The smallest absolute Gasteiger partial charge is 0.300 e. The average molecular weight is 508 g/mol. The molecule has 186 valence electrons. The van der Waals surface area contributed by atoms with Gasteiger partial charge in [0.2, 0.25) is 0 Å². The molecule has 0 bridgehead atoms. The summed E-state index contributed by atoms with van der Waals surface area (Å²) >= 11 is 6.18. The minimum atomic E-state index is -0.901. The van der Waals surface area contributed by atoms with Gasteiger partial charge in [0, 0.05) is 10.7 Å². The zero-order chi connectivity index (χ0) is 25.8. The summed E-state index contributed by atoms with van der Waals surface area (Å²) < 4.78 is 16.3. The highest BCUT2D eigenvalue weighted by Gasteiger charge is 2.47. The molecule has 1 fully saturated rings. The van der Waals surface area contributed by atoms with Gasteiger partial charge in [-0.25, -0.2) is 0 Å². The predicted octanol–water partition coefficient (Wildman–Crippen LogP) is 5.77. The highest BCUT2D eigenvalue weighted by Crippen LogP contribution is 2.44. The Bertz CT molecular complexity index is 1300. The van der Waals surface area contributed by atoms with Crippen molar-refractivity contribution < 1.29 is 28.9 Å². The van der Waals surface area contributed by atoms with Crippen LogP contribution in [0.4, 0.5) is 5.69 Å². The van der Waals surface area contributed by atoms with E-state index in [1.807, 2.05) is 6.92 Å². The monoisotopic (exact) mass is 507 g/mol. The fourth-order valence-electron chi connectivity index (χ4n) is 4.13. The van der Waals surface area contributed by atoms with Crippen LogP contribution < -0.4 is 19.1 Å². The molecule has 1 heterocycles. The van der Waals surface area contributed by atoms with Crippen molar-refractivity contribution in [1.29, 1.82) is 0 Å². The summed E-state index contributed by atoms with van der Waals surface area (Å²) in [4.78, 5) is 28.1. The number of anilines is 1. The van der Waals surface area contributed by atoms with E-state index in [0.29, 0.717) is 40.1 Å². The number of carbonyl (C=O) groups is 2. The number of ketones is 1. The van der Waals surface area contributed by atoms with Gasteiger partial charge in [-0.3, -0.25) is 14.5 Å². The molecular weight excluding hydrogens is 482 g/mol. The molecule has 0 saturated carbocycles. The van der Waals surface area contributed by atoms with Crippen LogP contribution in [-0.4, -0.2) is 37.6 Å². The molecule has 1 N–H and O–H groups in total. The van der Waals surface area contributed by atoms with Gasteiger partial charge >= 0.3 is 0 Å². The summed E-state index contributed by atoms with van der Waals surface area (Å²) in [6.45, 7) is 2.58. The maximum atomic E-state index is 13.4. The molecule has 0 aliphatic carbocycles. The molecule has 1 unspecified atom stereocenters. The molecule has 4 rings (SSSR count). The molecule has 36 heavy (non-hydrogen) atoms. The first-order valence-electron chi connectivity index (χ1n) is 11.4. The number of hydrogen-bond donors (Lipinski definition) is 1. The molecule has 0 spiro atoms. The number of carbonyl (C=O) groups excluding carboxylic acids is 2. The zero-order valence-electron chi connectivity index (χ0n) is 20.2. The van der Waals surface area contributed by atoms with Gasteiger partial charge in [-0.1, -0.05) is 30.7 Å². The third kappa shape index (κ3) is 4.75. The number of ether oxygens (including phenoxy) is 3. The molecule has 1 atom stereocenters. The van der Waals surface area contributed by atoms with E-state index in [4.69, 9.17) is 25.8 Å². The number of rotatable bonds is 8. The van der Waals surface area contributed by atoms with Crippen LogP contribution in [0.2, 0.25) is 5.02 Å². The Morgan fingerprint density at radius 3 is 2.22 bits per heavy atom. The number of nitrogens with zero attached hydrogens (tertiary/aromatic N) is 1. The summed E-state index contributed by atoms with van der Waals surface area (Å²) in [5.41, 5.74) is 1.24. The van der Waals surface area contributed by atoms with E-state index in [9.17, 15) is 14.7 Å². The van der Waals surface area contributed by atoms with E-state index < -0.39 is 17.7 Å². The van der Waals surface area contributed by atoms with Gasteiger partial charge in [-0.2, -0.15) is 0 Å². The topological polar surface area (TPSA) is 85.3 Å². The Balaban J connectivity index is 1.90. The van der Waals surface area contributed by atoms with Crippen molar-refractivity contribution in [3.8, 4) is 17.2 Å². The number of benzene rings is 3. The Morgan fingerprint density at radius 2 is 1.61 bits per heavy atom. The quantitative estimate of drug-likeness (QED) is 0.236. The minimum absolute atomic E-state index is 0.0707. The van der Waals surface area contributed by atoms with Gasteiger partial charge in [-0.15, -0.1) is 0 Å². The third-order valence-electron chi connectivity index (χ3n) is 5.88. The van der Waals surface area contributed by atoms with Gasteiger partial charge in [0.05, 0.1) is 38.0 Å². The summed E-state index contributed by atoms with van der Waals surface area (Å²) in [5, 5.41) is 11.7. The Labute approximate surface area is 214 Å². The number of halogens is 1. The number of amides is 1. The predicted molar refractivity (Wildman–Crippen MR) is 138 cm³/mol. The van der Waals surface area contributed by atoms with Crippen molar-refractivity contribution in [2.24, 2.45) is 0 Å². The van der Waals surface area contributed by atoms with Crippen molar-refractivity contribution in [2.45, 2.75) is 19.4 Å². The first-order chi connectivity index (χ1) is 17.4. The second-order valence-electron chi connectivity index (χ2n) is 8.13. The molecule has 0 radical (unpaired) electrons. The van der Waals surface area contributed by atoms with Crippen molar-refractivity contribution in [3.63, 3.8) is 0 Å². The first-order valence-corrected chi connectivity index (χ1v) is 11.8. The van der Waals surface area contributed by atoms with Crippen molar-refractivity contribution in [3.05, 3.63) is 88.5 Å². The molecule has 1 aliphatic rings. The first kappa shape index (κ1) is 25.1. The Hall–Kier alpha value is -3.97. The van der Waals surface area contributed by atoms with Crippen LogP contribution in [0.1, 0.15) is 30.5 Å². The molecule has 8 heteroatoms. The summed E-state index contributed by atoms with van der Waals surface area (Å²) in [6, 6.07) is 17.7. The van der Waals surface area contributed by atoms with E-state index in [1.54, 1.807) is 67.8 Å². The molecule has 1 amide bonds. The van der Waals surface area contributed by atoms with Gasteiger partial charge in [0.15, 0.2) is 0 Å². The summed E-state index contributed by atoms with van der Waals surface area (Å²) in [6.07, 6.45) is 0.862. The zero-order valence-corrected chi connectivity index (χ0v) is 20.9. The Morgan fingerprint density at radius 1 is 0.944 bits per heavy atom. The maximum Gasteiger partial charge on any atom is 0.300 e. The van der Waals surface area contributed by atoms with Crippen LogP contribution >= 0.6 is 11.6 Å². The van der Waals surface area contributed by atoms with Crippen LogP contribution in [0.5, 0.6) is 17.2 Å². The molecule has 1 aliphatic heterocycles. The number of aliphatic hydroxyl groups excluding tert-OH is 1. The van der Waals surface area contributed by atoms with E-state index in [0.717, 1.165) is 6.42 Å². The standard InChI is InChI=1S/C28H26ClNO6/c1-4-15-36-21-10-5-17(6-11-21)25-24(26(31)22-16-18(29)7-14-23(22)35-3)27(32)28(33)30(25)19-8-12-20(34-2)13-9-19/h5-14,16,25,31H,4,15H2,1-3H3/b26-24+. The van der Waals surface area contributed by atoms with Crippen molar-refractivity contribution in [1.82, 2.24) is 0 Å². The lowest BCUT2D eigenvalue weighted by atomic mass is 9.94. The summed E-state index contributed by atoms with van der Waals surface area (Å²) in [5.74, 6) is -0.373. The molecular formula is C28H26ClNO6. The van der Waals surface area contributed by atoms with Crippen molar-refractivity contribution in [2.75, 3.05) is 25.7 Å². The second kappa shape index (κ2) is 10.7. The fourth-order valence-corrected chi connectivity index (χ4v) is 4.31. The second-order valence-corrected chi connectivity index (χ2v) is 8.57. The highest BCUT2D eigenvalue weighted by molar-refractivity contribution is 6.51. The van der Waals surface area contributed by atoms with Crippen molar-refractivity contribution >= 4 is 34.7 Å². The van der Waals surface area contributed by atoms with Gasteiger partial charge in [-0.05, 0) is 66.6 Å². The van der Waals surface area contributed by atoms with E-state index >= 15 is 0 Å². The SMILES string of the molecule is CCCOc1ccc(C2/C(=C(\O)c3cc(Cl)ccc3OC)C(=O)C(=O)N2c2ccc(OC)cc2)cc1. The van der Waals surface area contributed by atoms with Crippen LogP contribution in [0.3, 0.4) is 0 Å². The molecule has 3 aromatic rings. The van der Waals surface area contributed by atoms with Gasteiger partial charge < -0.3 is 19.3 Å². The normalized spacial score (nSPS) is 16.8. The molecule has 0 aromatic heterocycles. The fraction of sp³-hybridized carbons (Fsp3) is 0.214. The van der Waals surface area contributed by atoms with Crippen LogP contribution in [0.25, 0.3) is 5.76 Å². The molecule has 1 saturated heterocycles. The van der Waals surface area contributed by atoms with Gasteiger partial charge in [0.25, 0.3) is 11.7 Å². The molecule has 3 aromatic carbocycles. The number of methoxy groups -OCH3 is 2. The molecule has 7 nitrogen and oxygen atoms in total. The van der Waals surface area contributed by atoms with Crippen LogP contribution in [-0.2, 0) is 9.59 Å². The lowest BCUT2D eigenvalue weighted by molar-refractivity contribution is -0.132. The maximum absolute atomic E-state index is 13.4. The lowest BCUT2D eigenvalue weighted by Crippen LogP contribution is -2.29. The van der Waals surface area contributed by atoms with E-state index in [-0.39, 0.29) is 16.9 Å². The van der Waals surface area contributed by atoms with E-state index in [2.05, 4.69) is 0 Å². The van der Waals surface area contributed by atoms with Crippen LogP contribution in [0, 0.1) is 0 Å².